The number of hydrogen-bond donors (Lipinski definition) is 0. The highest BCUT2D eigenvalue weighted by atomic mass is 35.5. The largest absolute Gasteiger partial charge is 0.493 e. The number of ether oxygens (including phenoxy) is 2. The Morgan fingerprint density at radius 1 is 1.03 bits per heavy atom. The Morgan fingerprint density at radius 3 is 2.34 bits per heavy atom. The van der Waals surface area contributed by atoms with E-state index in [0.717, 1.165) is 17.8 Å². The second-order valence-corrected chi connectivity index (χ2v) is 7.20. The summed E-state index contributed by atoms with van der Waals surface area (Å²) in [5.41, 5.74) is 2.17. The van der Waals surface area contributed by atoms with Crippen molar-refractivity contribution in [3.8, 4) is 11.5 Å². The van der Waals surface area contributed by atoms with Gasteiger partial charge in [0.05, 0.1) is 13.7 Å². The highest BCUT2D eigenvalue weighted by Gasteiger charge is 2.28. The first-order valence-electron chi connectivity index (χ1n) is 9.65. The van der Waals surface area contributed by atoms with E-state index in [9.17, 15) is 9.59 Å². The van der Waals surface area contributed by atoms with Gasteiger partial charge >= 0.3 is 0 Å². The van der Waals surface area contributed by atoms with Crippen molar-refractivity contribution in [3.05, 3.63) is 53.1 Å². The Hall–Kier alpha value is -2.73. The summed E-state index contributed by atoms with van der Waals surface area (Å²) in [5.74, 6) is 0.934. The Labute approximate surface area is 176 Å². The molecular formula is C22H25ClN2O4. The predicted octanol–water partition coefficient (Wildman–Crippen LogP) is 3.90. The van der Waals surface area contributed by atoms with Crippen LogP contribution >= 0.6 is 11.6 Å². The molecule has 2 aromatic carbocycles. The summed E-state index contributed by atoms with van der Waals surface area (Å²) in [5, 5.41) is 0.713. The zero-order valence-corrected chi connectivity index (χ0v) is 17.4. The first-order valence-corrected chi connectivity index (χ1v) is 10.0. The zero-order chi connectivity index (χ0) is 20.8. The normalized spacial score (nSPS) is 13.7. The number of hydrogen-bond acceptors (Lipinski definition) is 5. The Kier molecular flexibility index (Phi) is 6.99. The molecule has 0 atom stereocenters. The van der Waals surface area contributed by atoms with Crippen molar-refractivity contribution in [1.82, 2.24) is 4.90 Å². The van der Waals surface area contributed by atoms with E-state index < -0.39 is 0 Å². The average Bonchev–Trinajstić information content (AvgIpc) is 3.05. The molecule has 29 heavy (non-hydrogen) atoms. The van der Waals surface area contributed by atoms with Crippen LogP contribution in [-0.4, -0.2) is 43.5 Å². The van der Waals surface area contributed by atoms with Crippen LogP contribution in [0.2, 0.25) is 5.02 Å². The van der Waals surface area contributed by atoms with Gasteiger partial charge in [0.25, 0.3) is 0 Å². The van der Waals surface area contributed by atoms with Crippen LogP contribution in [0.15, 0.2) is 42.5 Å². The van der Waals surface area contributed by atoms with Gasteiger partial charge in [0, 0.05) is 36.6 Å². The smallest absolute Gasteiger partial charge is 0.229 e. The van der Waals surface area contributed by atoms with E-state index in [1.54, 1.807) is 7.11 Å². The molecule has 0 unspecified atom stereocenters. The van der Waals surface area contributed by atoms with Gasteiger partial charge in [0.1, 0.15) is 6.61 Å². The number of methoxy groups -OCH3 is 1. The van der Waals surface area contributed by atoms with Gasteiger partial charge in [-0.25, -0.2) is 0 Å². The van der Waals surface area contributed by atoms with Crippen LogP contribution in [0.4, 0.5) is 5.69 Å². The van der Waals surface area contributed by atoms with Crippen molar-refractivity contribution in [1.29, 1.82) is 0 Å². The van der Waals surface area contributed by atoms with Crippen LogP contribution in [0.3, 0.4) is 0 Å². The standard InChI is InChI=1S/C22H25ClN2O4/c1-3-24(18-7-5-17(23)6-8-18)15-16-4-9-19(20(14-16)28-2)29-13-12-25-21(26)10-11-22(25)27/h4-9,14H,3,10-13,15H2,1-2H3. The molecule has 0 bridgehead atoms. The van der Waals surface area contributed by atoms with Crippen molar-refractivity contribution in [3.63, 3.8) is 0 Å². The van der Waals surface area contributed by atoms with Crippen LogP contribution in [0.25, 0.3) is 0 Å². The maximum atomic E-state index is 11.7. The number of benzene rings is 2. The SMILES string of the molecule is CCN(Cc1ccc(OCCN2C(=O)CCC2=O)c(OC)c1)c1ccc(Cl)cc1. The zero-order valence-electron chi connectivity index (χ0n) is 16.7. The molecule has 7 heteroatoms. The summed E-state index contributed by atoms with van der Waals surface area (Å²) in [7, 11) is 1.59. The fourth-order valence-corrected chi connectivity index (χ4v) is 3.43. The predicted molar refractivity (Wildman–Crippen MR) is 113 cm³/mol. The molecule has 1 aliphatic rings. The summed E-state index contributed by atoms with van der Waals surface area (Å²) in [4.78, 5) is 26.8. The van der Waals surface area contributed by atoms with Crippen molar-refractivity contribution in [2.75, 3.05) is 31.7 Å². The van der Waals surface area contributed by atoms with E-state index in [2.05, 4.69) is 11.8 Å². The van der Waals surface area contributed by atoms with Crippen LogP contribution in [-0.2, 0) is 16.1 Å². The lowest BCUT2D eigenvalue weighted by molar-refractivity contribution is -0.138. The number of carbonyl (C=O) groups excluding carboxylic acids is 2. The van der Waals surface area contributed by atoms with E-state index in [0.29, 0.717) is 35.9 Å². The summed E-state index contributed by atoms with van der Waals surface area (Å²) in [6.07, 6.45) is 0.580. The molecule has 1 heterocycles. The van der Waals surface area contributed by atoms with E-state index in [1.807, 2.05) is 42.5 Å². The molecule has 0 radical (unpaired) electrons. The number of imide groups is 1. The number of likely N-dealkylation sites (tertiary alicyclic amines) is 1. The molecule has 0 N–H and O–H groups in total. The number of amides is 2. The van der Waals surface area contributed by atoms with E-state index in [4.69, 9.17) is 21.1 Å². The Bertz CT molecular complexity index is 854. The quantitative estimate of drug-likeness (QED) is 0.580. The third-order valence-electron chi connectivity index (χ3n) is 4.90. The van der Waals surface area contributed by atoms with Crippen LogP contribution in [0.1, 0.15) is 25.3 Å². The monoisotopic (exact) mass is 416 g/mol. The maximum absolute atomic E-state index is 11.7. The van der Waals surface area contributed by atoms with Gasteiger partial charge in [-0.2, -0.15) is 0 Å². The van der Waals surface area contributed by atoms with E-state index in [-0.39, 0.29) is 25.0 Å². The van der Waals surface area contributed by atoms with E-state index in [1.165, 1.54) is 4.90 Å². The van der Waals surface area contributed by atoms with Crippen molar-refractivity contribution in [2.45, 2.75) is 26.3 Å². The van der Waals surface area contributed by atoms with Crippen LogP contribution < -0.4 is 14.4 Å². The highest BCUT2D eigenvalue weighted by molar-refractivity contribution is 6.30. The molecule has 2 aromatic rings. The average molecular weight is 417 g/mol. The number of anilines is 1. The molecule has 1 aliphatic heterocycles. The molecule has 0 saturated carbocycles. The lowest BCUT2D eigenvalue weighted by Gasteiger charge is -2.24. The van der Waals surface area contributed by atoms with Gasteiger partial charge in [-0.05, 0) is 48.9 Å². The summed E-state index contributed by atoms with van der Waals surface area (Å²) in [6, 6.07) is 13.6. The van der Waals surface area contributed by atoms with E-state index >= 15 is 0 Å². The van der Waals surface area contributed by atoms with Gasteiger partial charge < -0.3 is 14.4 Å². The van der Waals surface area contributed by atoms with Crippen molar-refractivity contribution >= 4 is 29.1 Å². The molecule has 154 valence electrons. The van der Waals surface area contributed by atoms with Crippen molar-refractivity contribution < 1.29 is 19.1 Å². The van der Waals surface area contributed by atoms with Gasteiger partial charge in [0.15, 0.2) is 11.5 Å². The minimum absolute atomic E-state index is 0.136. The number of rotatable bonds is 9. The molecule has 0 aliphatic carbocycles. The van der Waals surface area contributed by atoms with Crippen LogP contribution in [0, 0.1) is 0 Å². The second-order valence-electron chi connectivity index (χ2n) is 6.76. The minimum Gasteiger partial charge on any atom is -0.493 e. The van der Waals surface area contributed by atoms with Gasteiger partial charge in [0.2, 0.25) is 11.8 Å². The second kappa shape index (κ2) is 9.65. The molecular weight excluding hydrogens is 392 g/mol. The lowest BCUT2D eigenvalue weighted by Crippen LogP contribution is -2.33. The fraction of sp³-hybridized carbons (Fsp3) is 0.364. The number of carbonyl (C=O) groups is 2. The summed E-state index contributed by atoms with van der Waals surface area (Å²) < 4.78 is 11.3. The summed E-state index contributed by atoms with van der Waals surface area (Å²) >= 11 is 5.99. The van der Waals surface area contributed by atoms with Gasteiger partial charge in [-0.3, -0.25) is 14.5 Å². The molecule has 3 rings (SSSR count). The van der Waals surface area contributed by atoms with Crippen molar-refractivity contribution in [2.24, 2.45) is 0 Å². The Morgan fingerprint density at radius 2 is 1.72 bits per heavy atom. The number of halogens is 1. The molecule has 2 amide bonds. The molecule has 1 saturated heterocycles. The van der Waals surface area contributed by atoms with Crippen LogP contribution in [0.5, 0.6) is 11.5 Å². The fourth-order valence-electron chi connectivity index (χ4n) is 3.31. The topological polar surface area (TPSA) is 59.1 Å². The number of nitrogens with zero attached hydrogens (tertiary/aromatic N) is 2. The summed E-state index contributed by atoms with van der Waals surface area (Å²) in [6.45, 7) is 4.15. The first-order chi connectivity index (χ1) is 14.0. The maximum Gasteiger partial charge on any atom is 0.229 e. The molecule has 0 spiro atoms. The first kappa shape index (κ1) is 21.0. The third kappa shape index (κ3) is 5.21. The molecule has 1 fully saturated rings. The minimum atomic E-state index is -0.136. The Balaban J connectivity index is 1.64. The molecule has 0 aromatic heterocycles. The highest BCUT2D eigenvalue weighted by Crippen LogP contribution is 2.29. The van der Waals surface area contributed by atoms with Gasteiger partial charge in [-0.15, -0.1) is 0 Å². The lowest BCUT2D eigenvalue weighted by atomic mass is 10.1. The third-order valence-corrected chi connectivity index (χ3v) is 5.15. The van der Waals surface area contributed by atoms with Gasteiger partial charge in [-0.1, -0.05) is 17.7 Å². The molecule has 6 nitrogen and oxygen atoms in total.